The predicted octanol–water partition coefficient (Wildman–Crippen LogP) is 2.12. The van der Waals surface area contributed by atoms with Gasteiger partial charge in [0.2, 0.25) is 0 Å². The van der Waals surface area contributed by atoms with Gasteiger partial charge in [-0.2, -0.15) is 0 Å². The Kier molecular flexibility index (Phi) is 4.62. The highest BCUT2D eigenvalue weighted by Gasteiger charge is 2.34. The summed E-state index contributed by atoms with van der Waals surface area (Å²) in [6, 6.07) is 10.7. The summed E-state index contributed by atoms with van der Waals surface area (Å²) in [6.45, 7) is 0.207. The molecule has 24 heavy (non-hydrogen) atoms. The zero-order chi connectivity index (χ0) is 17.2. The Balaban J connectivity index is 1.69. The van der Waals surface area contributed by atoms with Crippen LogP contribution in [-0.4, -0.2) is 43.8 Å². The van der Waals surface area contributed by atoms with Crippen LogP contribution in [0.5, 0.6) is 5.75 Å². The molecule has 1 unspecified atom stereocenters. The van der Waals surface area contributed by atoms with Crippen LogP contribution in [0.4, 0.5) is 0 Å². The van der Waals surface area contributed by atoms with Crippen molar-refractivity contribution in [3.05, 3.63) is 54.0 Å². The number of furan rings is 1. The first kappa shape index (κ1) is 16.6. The van der Waals surface area contributed by atoms with Crippen LogP contribution in [0.2, 0.25) is 0 Å². The molecule has 1 aliphatic rings. The molecule has 2 aromatic rings. The van der Waals surface area contributed by atoms with E-state index >= 15 is 0 Å². The van der Waals surface area contributed by atoms with Crippen LogP contribution in [0.3, 0.4) is 0 Å². The van der Waals surface area contributed by atoms with Gasteiger partial charge in [-0.1, -0.05) is 18.2 Å². The Hall–Kier alpha value is -2.28. The Morgan fingerprint density at radius 2 is 2.04 bits per heavy atom. The summed E-state index contributed by atoms with van der Waals surface area (Å²) in [6.07, 6.45) is 1.90. The van der Waals surface area contributed by atoms with Crippen molar-refractivity contribution < 1.29 is 22.4 Å². The predicted molar refractivity (Wildman–Crippen MR) is 88.6 cm³/mol. The van der Waals surface area contributed by atoms with Crippen molar-refractivity contribution in [2.75, 3.05) is 18.6 Å². The highest BCUT2D eigenvalue weighted by atomic mass is 32.2. The molecule has 0 aliphatic carbocycles. The lowest BCUT2D eigenvalue weighted by Crippen LogP contribution is -2.38. The molecule has 1 atom stereocenters. The summed E-state index contributed by atoms with van der Waals surface area (Å²) in [4.78, 5) is 14.1. The second-order valence-corrected chi connectivity index (χ2v) is 8.08. The maximum atomic E-state index is 12.6. The van der Waals surface area contributed by atoms with Gasteiger partial charge in [0, 0.05) is 18.7 Å². The van der Waals surface area contributed by atoms with E-state index in [2.05, 4.69) is 0 Å². The van der Waals surface area contributed by atoms with Gasteiger partial charge in [-0.15, -0.1) is 0 Å². The van der Waals surface area contributed by atoms with Crippen molar-refractivity contribution in [1.82, 2.24) is 4.90 Å². The van der Waals surface area contributed by atoms with Crippen LogP contribution >= 0.6 is 0 Å². The standard InChI is InChI=1S/C17H19NO5S/c1-18(14-8-10-24(20,21)12-14)17(19)16-13(7-9-22-16)11-23-15-5-3-2-4-6-15/h2-7,9,14H,8,10-12H2,1H3. The number of hydrogen-bond acceptors (Lipinski definition) is 5. The molecule has 1 aliphatic heterocycles. The first-order valence-electron chi connectivity index (χ1n) is 7.68. The Morgan fingerprint density at radius 1 is 1.29 bits per heavy atom. The lowest BCUT2D eigenvalue weighted by atomic mass is 10.2. The molecule has 0 radical (unpaired) electrons. The Bertz CT molecular complexity index is 813. The second kappa shape index (κ2) is 6.68. The number of sulfone groups is 1. The third-order valence-electron chi connectivity index (χ3n) is 4.16. The van der Waals surface area contributed by atoms with Gasteiger partial charge in [0.25, 0.3) is 5.91 Å². The lowest BCUT2D eigenvalue weighted by molar-refractivity contribution is 0.0712. The summed E-state index contributed by atoms with van der Waals surface area (Å²) in [5.41, 5.74) is 0.636. The maximum absolute atomic E-state index is 12.6. The number of ether oxygens (including phenoxy) is 1. The lowest BCUT2D eigenvalue weighted by Gasteiger charge is -2.22. The molecule has 0 N–H and O–H groups in total. The molecule has 0 bridgehead atoms. The molecule has 1 aromatic carbocycles. The molecule has 3 rings (SSSR count). The van der Waals surface area contributed by atoms with Crippen LogP contribution in [0.1, 0.15) is 22.5 Å². The van der Waals surface area contributed by atoms with Crippen LogP contribution in [0.15, 0.2) is 47.1 Å². The first-order valence-corrected chi connectivity index (χ1v) is 9.50. The summed E-state index contributed by atoms with van der Waals surface area (Å²) in [5.74, 6) is 0.697. The topological polar surface area (TPSA) is 76.8 Å². The fourth-order valence-electron chi connectivity index (χ4n) is 2.72. The Morgan fingerprint density at radius 3 is 2.71 bits per heavy atom. The van der Waals surface area contributed by atoms with E-state index in [0.717, 1.165) is 0 Å². The van der Waals surface area contributed by atoms with Gasteiger partial charge in [0.1, 0.15) is 12.4 Å². The smallest absolute Gasteiger partial charge is 0.289 e. The molecule has 0 spiro atoms. The average Bonchev–Trinajstić information content (AvgIpc) is 3.18. The van der Waals surface area contributed by atoms with Gasteiger partial charge in [0.15, 0.2) is 15.6 Å². The monoisotopic (exact) mass is 349 g/mol. The van der Waals surface area contributed by atoms with E-state index in [-0.39, 0.29) is 35.8 Å². The number of rotatable bonds is 5. The highest BCUT2D eigenvalue weighted by Crippen LogP contribution is 2.21. The zero-order valence-electron chi connectivity index (χ0n) is 13.3. The average molecular weight is 349 g/mol. The first-order chi connectivity index (χ1) is 11.5. The zero-order valence-corrected chi connectivity index (χ0v) is 14.2. The largest absolute Gasteiger partial charge is 0.489 e. The van der Waals surface area contributed by atoms with Gasteiger partial charge >= 0.3 is 0 Å². The van der Waals surface area contributed by atoms with Crippen molar-refractivity contribution in [2.24, 2.45) is 0 Å². The SMILES string of the molecule is CN(C(=O)c1occc1COc1ccccc1)C1CCS(=O)(=O)C1. The summed E-state index contributed by atoms with van der Waals surface area (Å²) in [5, 5.41) is 0. The quantitative estimate of drug-likeness (QED) is 0.826. The fraction of sp³-hybridized carbons (Fsp3) is 0.353. The molecule has 7 heteroatoms. The van der Waals surface area contributed by atoms with E-state index in [0.29, 0.717) is 17.7 Å². The minimum atomic E-state index is -3.05. The van der Waals surface area contributed by atoms with Gasteiger partial charge in [-0.05, 0) is 24.6 Å². The number of nitrogens with zero attached hydrogens (tertiary/aromatic N) is 1. The molecule has 0 saturated carbocycles. The van der Waals surface area contributed by atoms with Gasteiger partial charge in [-0.3, -0.25) is 4.79 Å². The Labute approximate surface area is 140 Å². The van der Waals surface area contributed by atoms with E-state index < -0.39 is 9.84 Å². The van der Waals surface area contributed by atoms with Crippen molar-refractivity contribution in [3.63, 3.8) is 0 Å². The van der Waals surface area contributed by atoms with Crippen LogP contribution in [0.25, 0.3) is 0 Å². The maximum Gasteiger partial charge on any atom is 0.289 e. The normalized spacial score (nSPS) is 19.1. The number of carbonyl (C=O) groups is 1. The molecule has 1 saturated heterocycles. The molecule has 1 aromatic heterocycles. The van der Waals surface area contributed by atoms with E-state index in [1.807, 2.05) is 30.3 Å². The third-order valence-corrected chi connectivity index (χ3v) is 5.91. The van der Waals surface area contributed by atoms with E-state index in [9.17, 15) is 13.2 Å². The molecule has 128 valence electrons. The van der Waals surface area contributed by atoms with E-state index in [1.54, 1.807) is 13.1 Å². The molecule has 1 amide bonds. The van der Waals surface area contributed by atoms with Crippen LogP contribution in [0, 0.1) is 0 Å². The number of carbonyl (C=O) groups excluding carboxylic acids is 1. The highest BCUT2D eigenvalue weighted by molar-refractivity contribution is 7.91. The number of hydrogen-bond donors (Lipinski definition) is 0. The summed E-state index contributed by atoms with van der Waals surface area (Å²) < 4.78 is 34.2. The van der Waals surface area contributed by atoms with Gasteiger partial charge < -0.3 is 14.1 Å². The van der Waals surface area contributed by atoms with Gasteiger partial charge in [-0.25, -0.2) is 8.42 Å². The van der Waals surface area contributed by atoms with Gasteiger partial charge in [0.05, 0.1) is 17.8 Å². The van der Waals surface area contributed by atoms with Crippen molar-refractivity contribution >= 4 is 15.7 Å². The molecular formula is C17H19NO5S. The minimum Gasteiger partial charge on any atom is -0.489 e. The van der Waals surface area contributed by atoms with Crippen molar-refractivity contribution in [1.29, 1.82) is 0 Å². The number of benzene rings is 1. The summed E-state index contributed by atoms with van der Waals surface area (Å²) in [7, 11) is -1.44. The number of amides is 1. The third kappa shape index (κ3) is 3.62. The summed E-state index contributed by atoms with van der Waals surface area (Å²) >= 11 is 0. The molecule has 2 heterocycles. The van der Waals surface area contributed by atoms with E-state index in [1.165, 1.54) is 11.2 Å². The van der Waals surface area contributed by atoms with Crippen molar-refractivity contribution in [3.8, 4) is 5.75 Å². The molecule has 1 fully saturated rings. The molecule has 6 nitrogen and oxygen atoms in total. The van der Waals surface area contributed by atoms with Crippen LogP contribution in [-0.2, 0) is 16.4 Å². The van der Waals surface area contributed by atoms with Crippen LogP contribution < -0.4 is 4.74 Å². The van der Waals surface area contributed by atoms with Crippen molar-refractivity contribution in [2.45, 2.75) is 19.1 Å². The minimum absolute atomic E-state index is 0.00575. The molecular weight excluding hydrogens is 330 g/mol. The second-order valence-electron chi connectivity index (χ2n) is 5.85. The number of para-hydroxylation sites is 1. The van der Waals surface area contributed by atoms with E-state index in [4.69, 9.17) is 9.15 Å². The fourth-order valence-corrected chi connectivity index (χ4v) is 4.50.